The summed E-state index contributed by atoms with van der Waals surface area (Å²) in [5.41, 5.74) is 2.56. The molecule has 0 amide bonds. The second-order valence-electron chi connectivity index (χ2n) is 8.15. The highest BCUT2D eigenvalue weighted by molar-refractivity contribution is 7.99. The van der Waals surface area contributed by atoms with E-state index in [0.29, 0.717) is 5.75 Å². The van der Waals surface area contributed by atoms with E-state index in [1.165, 1.54) is 11.1 Å². The predicted molar refractivity (Wildman–Crippen MR) is 103 cm³/mol. The molecule has 0 radical (unpaired) electrons. The number of benzene rings is 2. The van der Waals surface area contributed by atoms with Gasteiger partial charge in [-0.05, 0) is 46.2 Å². The van der Waals surface area contributed by atoms with Crippen LogP contribution in [0.3, 0.4) is 0 Å². The zero-order valence-electron chi connectivity index (χ0n) is 15.7. The highest BCUT2D eigenvalue weighted by atomic mass is 32.2. The normalized spacial score (nSPS) is 12.3. The molecule has 0 bridgehead atoms. The van der Waals surface area contributed by atoms with E-state index < -0.39 is 0 Å². The molecule has 2 aromatic rings. The van der Waals surface area contributed by atoms with Crippen molar-refractivity contribution in [3.63, 3.8) is 0 Å². The fraction of sp³-hybridized carbons (Fsp3) is 0.429. The van der Waals surface area contributed by atoms with Crippen LogP contribution in [0.5, 0.6) is 11.5 Å². The summed E-state index contributed by atoms with van der Waals surface area (Å²) >= 11 is 1.55. The molecule has 0 aliphatic heterocycles. The number of phenolic OH excluding ortho intramolecular Hbond substituents is 1. The molecule has 0 unspecified atom stereocenters. The van der Waals surface area contributed by atoms with E-state index in [1.807, 2.05) is 12.1 Å². The Morgan fingerprint density at radius 2 is 1.29 bits per heavy atom. The van der Waals surface area contributed by atoms with Crippen molar-refractivity contribution in [3.05, 3.63) is 47.5 Å². The lowest BCUT2D eigenvalue weighted by Gasteiger charge is -2.22. The van der Waals surface area contributed by atoms with Crippen molar-refractivity contribution < 1.29 is 9.84 Å². The SMILES string of the molecule is COc1ccc(C(C)(C)C)cc1Sc1cc(C(C)(C)C)ccc1O. The van der Waals surface area contributed by atoms with Gasteiger partial charge in [-0.3, -0.25) is 0 Å². The highest BCUT2D eigenvalue weighted by Gasteiger charge is 2.19. The van der Waals surface area contributed by atoms with Gasteiger partial charge in [-0.15, -0.1) is 0 Å². The van der Waals surface area contributed by atoms with Crippen LogP contribution >= 0.6 is 11.8 Å². The average Bonchev–Trinajstić information content (AvgIpc) is 2.47. The van der Waals surface area contributed by atoms with Gasteiger partial charge in [-0.2, -0.15) is 0 Å². The van der Waals surface area contributed by atoms with E-state index in [2.05, 4.69) is 59.7 Å². The Kier molecular flexibility index (Phi) is 5.24. The number of hydrogen-bond acceptors (Lipinski definition) is 3. The average molecular weight is 345 g/mol. The minimum atomic E-state index is 0.0420. The van der Waals surface area contributed by atoms with Gasteiger partial charge in [0.15, 0.2) is 0 Å². The van der Waals surface area contributed by atoms with Gasteiger partial charge < -0.3 is 9.84 Å². The van der Waals surface area contributed by atoms with Crippen LogP contribution < -0.4 is 4.74 Å². The minimum absolute atomic E-state index is 0.0420. The van der Waals surface area contributed by atoms with Crippen LogP contribution in [-0.4, -0.2) is 12.2 Å². The largest absolute Gasteiger partial charge is 0.507 e. The molecule has 0 saturated heterocycles. The monoisotopic (exact) mass is 344 g/mol. The van der Waals surface area contributed by atoms with Crippen molar-refractivity contribution in [1.82, 2.24) is 0 Å². The smallest absolute Gasteiger partial charge is 0.132 e. The first-order valence-corrected chi connectivity index (χ1v) is 9.04. The Balaban J connectivity index is 2.47. The zero-order chi connectivity index (χ0) is 18.1. The molecule has 2 rings (SSSR count). The molecular formula is C21H28O2S. The van der Waals surface area contributed by atoms with Crippen LogP contribution in [0.15, 0.2) is 46.2 Å². The Morgan fingerprint density at radius 3 is 1.79 bits per heavy atom. The lowest BCUT2D eigenvalue weighted by molar-refractivity contribution is 0.404. The molecule has 0 spiro atoms. The summed E-state index contributed by atoms with van der Waals surface area (Å²) in [5, 5.41) is 10.3. The Hall–Kier alpha value is -1.61. The Bertz CT molecular complexity index is 722. The fourth-order valence-corrected chi connectivity index (χ4v) is 3.44. The van der Waals surface area contributed by atoms with E-state index in [0.717, 1.165) is 15.5 Å². The van der Waals surface area contributed by atoms with E-state index in [9.17, 15) is 5.11 Å². The number of methoxy groups -OCH3 is 1. The lowest BCUT2D eigenvalue weighted by Crippen LogP contribution is -2.11. The van der Waals surface area contributed by atoms with Gasteiger partial charge in [0.25, 0.3) is 0 Å². The van der Waals surface area contributed by atoms with Crippen molar-refractivity contribution in [2.75, 3.05) is 7.11 Å². The van der Waals surface area contributed by atoms with Crippen molar-refractivity contribution in [3.8, 4) is 11.5 Å². The van der Waals surface area contributed by atoms with Gasteiger partial charge in [-0.1, -0.05) is 65.4 Å². The molecular weight excluding hydrogens is 316 g/mol. The molecule has 0 aromatic heterocycles. The summed E-state index contributed by atoms with van der Waals surface area (Å²) < 4.78 is 5.52. The molecule has 3 heteroatoms. The van der Waals surface area contributed by atoms with E-state index in [4.69, 9.17) is 4.74 Å². The third-order valence-electron chi connectivity index (χ3n) is 4.08. The molecule has 2 nitrogen and oxygen atoms in total. The third-order valence-corrected chi connectivity index (χ3v) is 5.16. The van der Waals surface area contributed by atoms with E-state index in [-0.39, 0.29) is 10.8 Å². The van der Waals surface area contributed by atoms with Gasteiger partial charge in [0, 0.05) is 0 Å². The summed E-state index contributed by atoms with van der Waals surface area (Å²) in [7, 11) is 1.68. The second-order valence-corrected chi connectivity index (χ2v) is 9.23. The molecule has 0 aliphatic carbocycles. The first-order chi connectivity index (χ1) is 11.0. The summed E-state index contributed by atoms with van der Waals surface area (Å²) in [4.78, 5) is 1.87. The zero-order valence-corrected chi connectivity index (χ0v) is 16.5. The Morgan fingerprint density at radius 1 is 0.792 bits per heavy atom. The number of aromatic hydroxyl groups is 1. The van der Waals surface area contributed by atoms with Crippen molar-refractivity contribution in [2.24, 2.45) is 0 Å². The molecule has 130 valence electrons. The maximum atomic E-state index is 10.3. The van der Waals surface area contributed by atoms with Crippen molar-refractivity contribution >= 4 is 11.8 Å². The lowest BCUT2D eigenvalue weighted by atomic mass is 9.87. The van der Waals surface area contributed by atoms with Gasteiger partial charge in [-0.25, -0.2) is 0 Å². The summed E-state index contributed by atoms with van der Waals surface area (Å²) in [6.07, 6.45) is 0. The van der Waals surface area contributed by atoms with E-state index >= 15 is 0 Å². The van der Waals surface area contributed by atoms with Crippen LogP contribution in [0.2, 0.25) is 0 Å². The first-order valence-electron chi connectivity index (χ1n) is 8.22. The third kappa shape index (κ3) is 4.27. The summed E-state index contributed by atoms with van der Waals surface area (Å²) in [6.45, 7) is 13.1. The standard InChI is InChI=1S/C21H28O2S/c1-20(2,3)14-8-10-16(22)18(12-14)24-19-13-15(21(4,5)6)9-11-17(19)23-7/h8-13,22H,1-7H3. The number of rotatable bonds is 3. The van der Waals surface area contributed by atoms with Crippen molar-refractivity contribution in [1.29, 1.82) is 0 Å². The first kappa shape index (κ1) is 18.7. The molecule has 24 heavy (non-hydrogen) atoms. The van der Waals surface area contributed by atoms with Crippen LogP contribution in [0.4, 0.5) is 0 Å². The fourth-order valence-electron chi connectivity index (χ4n) is 2.40. The highest BCUT2D eigenvalue weighted by Crippen LogP contribution is 2.42. The van der Waals surface area contributed by atoms with Gasteiger partial charge >= 0.3 is 0 Å². The number of hydrogen-bond donors (Lipinski definition) is 1. The van der Waals surface area contributed by atoms with Crippen LogP contribution in [0.1, 0.15) is 52.7 Å². The topological polar surface area (TPSA) is 29.5 Å². The van der Waals surface area contributed by atoms with Crippen LogP contribution in [-0.2, 0) is 10.8 Å². The minimum Gasteiger partial charge on any atom is -0.507 e. The number of ether oxygens (including phenoxy) is 1. The Labute approximate surface area is 150 Å². The molecule has 2 aromatic carbocycles. The molecule has 1 N–H and O–H groups in total. The summed E-state index contributed by atoms with van der Waals surface area (Å²) in [5.74, 6) is 1.13. The van der Waals surface area contributed by atoms with Gasteiger partial charge in [0.2, 0.25) is 0 Å². The molecule has 0 saturated carbocycles. The van der Waals surface area contributed by atoms with Crippen molar-refractivity contribution in [2.45, 2.75) is 62.2 Å². The molecule has 0 heterocycles. The molecule has 0 fully saturated rings. The number of phenols is 1. The van der Waals surface area contributed by atoms with Gasteiger partial charge in [0.05, 0.1) is 16.9 Å². The summed E-state index contributed by atoms with van der Waals surface area (Å²) in [6, 6.07) is 12.1. The van der Waals surface area contributed by atoms with Crippen LogP contribution in [0.25, 0.3) is 0 Å². The maximum absolute atomic E-state index is 10.3. The second kappa shape index (κ2) is 6.72. The van der Waals surface area contributed by atoms with Gasteiger partial charge in [0.1, 0.15) is 11.5 Å². The molecule has 0 atom stereocenters. The molecule has 0 aliphatic rings. The maximum Gasteiger partial charge on any atom is 0.132 e. The van der Waals surface area contributed by atoms with E-state index in [1.54, 1.807) is 24.9 Å². The predicted octanol–water partition coefficient (Wildman–Crippen LogP) is 6.15. The van der Waals surface area contributed by atoms with Crippen LogP contribution in [0, 0.1) is 0 Å². The quantitative estimate of drug-likeness (QED) is 0.724.